The summed E-state index contributed by atoms with van der Waals surface area (Å²) in [6.45, 7) is 6.40. The molecule has 0 atom stereocenters. The fourth-order valence-electron chi connectivity index (χ4n) is 1.84. The van der Waals surface area contributed by atoms with Gasteiger partial charge in [0.1, 0.15) is 5.82 Å². The Labute approximate surface area is 120 Å². The second-order valence-corrected chi connectivity index (χ2v) is 5.90. The van der Waals surface area contributed by atoms with Crippen LogP contribution in [0.4, 0.5) is 4.39 Å². The molecular weight excluding hydrogens is 247 g/mol. The van der Waals surface area contributed by atoms with Gasteiger partial charge in [-0.3, -0.25) is 0 Å². The minimum absolute atomic E-state index is 0.0556. The van der Waals surface area contributed by atoms with Crippen LogP contribution in [0.1, 0.15) is 31.9 Å². The summed E-state index contributed by atoms with van der Waals surface area (Å²) >= 11 is 0. The van der Waals surface area contributed by atoms with Crippen LogP contribution in [0.25, 0.3) is 5.57 Å². The molecule has 0 amide bonds. The minimum Gasteiger partial charge on any atom is -0.207 e. The summed E-state index contributed by atoms with van der Waals surface area (Å²) in [6, 6.07) is 16.6. The second-order valence-electron chi connectivity index (χ2n) is 5.90. The highest BCUT2D eigenvalue weighted by molar-refractivity contribution is 5.79. The zero-order valence-corrected chi connectivity index (χ0v) is 12.2. The average molecular weight is 266 g/mol. The molecule has 0 radical (unpaired) electrons. The molecule has 0 bridgehead atoms. The Hall–Kier alpha value is -2.11. The van der Waals surface area contributed by atoms with Crippen molar-refractivity contribution in [1.29, 1.82) is 0 Å². The lowest BCUT2D eigenvalue weighted by molar-refractivity contribution is 0.545. The first-order chi connectivity index (χ1) is 9.46. The predicted octanol–water partition coefficient (Wildman–Crippen LogP) is 5.46. The topological polar surface area (TPSA) is 0 Å². The van der Waals surface area contributed by atoms with Crippen molar-refractivity contribution >= 4 is 5.57 Å². The molecule has 0 aromatic heterocycles. The maximum Gasteiger partial charge on any atom is 0.123 e. The van der Waals surface area contributed by atoms with E-state index in [1.165, 1.54) is 12.1 Å². The zero-order valence-electron chi connectivity index (χ0n) is 12.2. The van der Waals surface area contributed by atoms with Gasteiger partial charge in [0.15, 0.2) is 0 Å². The molecule has 0 aliphatic rings. The number of rotatable bonds is 2. The molecule has 0 N–H and O–H groups in total. The summed E-state index contributed by atoms with van der Waals surface area (Å²) in [5.41, 5.74) is 6.48. The Balaban J connectivity index is 2.56. The van der Waals surface area contributed by atoms with Gasteiger partial charge in [0.05, 0.1) is 0 Å². The first-order valence-electron chi connectivity index (χ1n) is 6.75. The van der Waals surface area contributed by atoms with E-state index in [-0.39, 0.29) is 11.2 Å². The SMILES string of the molecule is CC(C)(C)C=C=C(c1ccccc1)c1ccc(F)cc1. The smallest absolute Gasteiger partial charge is 0.123 e. The van der Waals surface area contributed by atoms with Gasteiger partial charge in [0.25, 0.3) is 0 Å². The van der Waals surface area contributed by atoms with Crippen LogP contribution in [0, 0.1) is 11.2 Å². The molecule has 2 aromatic rings. The third kappa shape index (κ3) is 3.94. The summed E-state index contributed by atoms with van der Waals surface area (Å²) in [7, 11) is 0. The van der Waals surface area contributed by atoms with Crippen LogP contribution in [0.3, 0.4) is 0 Å². The number of hydrogen-bond donors (Lipinski definition) is 0. The van der Waals surface area contributed by atoms with E-state index in [0.717, 1.165) is 16.7 Å². The maximum atomic E-state index is 13.1. The normalized spacial score (nSPS) is 10.8. The standard InChI is InChI=1S/C19H19F/c1-19(2,3)14-13-18(15-7-5-4-6-8-15)16-9-11-17(20)12-10-16/h4-12,14H,1-3H3. The fraction of sp³-hybridized carbons (Fsp3) is 0.211. The van der Waals surface area contributed by atoms with Crippen molar-refractivity contribution in [2.45, 2.75) is 20.8 Å². The van der Waals surface area contributed by atoms with Crippen molar-refractivity contribution in [3.8, 4) is 0 Å². The highest BCUT2D eigenvalue weighted by Gasteiger charge is 2.07. The first-order valence-corrected chi connectivity index (χ1v) is 6.75. The highest BCUT2D eigenvalue weighted by Crippen LogP contribution is 2.24. The summed E-state index contributed by atoms with van der Waals surface area (Å²) in [5, 5.41) is 0. The van der Waals surface area contributed by atoms with E-state index >= 15 is 0 Å². The van der Waals surface area contributed by atoms with Crippen LogP contribution in [0.15, 0.2) is 66.4 Å². The molecule has 102 valence electrons. The average Bonchev–Trinajstić information content (AvgIpc) is 2.41. The Bertz CT molecular complexity index is 622. The van der Waals surface area contributed by atoms with Crippen LogP contribution >= 0.6 is 0 Å². The van der Waals surface area contributed by atoms with Gasteiger partial charge in [-0.25, -0.2) is 4.39 Å². The molecule has 0 nitrogen and oxygen atoms in total. The number of allylic oxidation sites excluding steroid dienone is 1. The fourth-order valence-corrected chi connectivity index (χ4v) is 1.84. The van der Waals surface area contributed by atoms with E-state index in [2.05, 4.69) is 32.6 Å². The summed E-state index contributed by atoms with van der Waals surface area (Å²) in [4.78, 5) is 0. The van der Waals surface area contributed by atoms with Crippen molar-refractivity contribution in [2.24, 2.45) is 5.41 Å². The van der Waals surface area contributed by atoms with Crippen molar-refractivity contribution < 1.29 is 4.39 Å². The molecule has 2 rings (SSSR count). The highest BCUT2D eigenvalue weighted by atomic mass is 19.1. The van der Waals surface area contributed by atoms with Crippen LogP contribution in [0.5, 0.6) is 0 Å². The largest absolute Gasteiger partial charge is 0.207 e. The quantitative estimate of drug-likeness (QED) is 0.633. The first kappa shape index (κ1) is 14.3. The van der Waals surface area contributed by atoms with Gasteiger partial charge in [-0.15, -0.1) is 5.73 Å². The molecule has 0 unspecified atom stereocenters. The van der Waals surface area contributed by atoms with Crippen molar-refractivity contribution in [3.05, 3.63) is 83.3 Å². The Morgan fingerprint density at radius 2 is 1.45 bits per heavy atom. The number of benzene rings is 2. The van der Waals surface area contributed by atoms with Gasteiger partial charge in [0.2, 0.25) is 0 Å². The number of halogens is 1. The molecule has 2 aromatic carbocycles. The van der Waals surface area contributed by atoms with E-state index in [1.807, 2.05) is 30.3 Å². The van der Waals surface area contributed by atoms with Crippen molar-refractivity contribution in [3.63, 3.8) is 0 Å². The van der Waals surface area contributed by atoms with Crippen LogP contribution < -0.4 is 0 Å². The monoisotopic (exact) mass is 266 g/mol. The molecule has 0 saturated heterocycles. The van der Waals surface area contributed by atoms with E-state index in [9.17, 15) is 4.39 Å². The van der Waals surface area contributed by atoms with E-state index in [1.54, 1.807) is 12.1 Å². The molecule has 0 fully saturated rings. The third-order valence-corrected chi connectivity index (χ3v) is 2.84. The van der Waals surface area contributed by atoms with Crippen LogP contribution in [-0.4, -0.2) is 0 Å². The molecule has 1 heteroatoms. The summed E-state index contributed by atoms with van der Waals surface area (Å²) in [5.74, 6) is -0.221. The van der Waals surface area contributed by atoms with Gasteiger partial charge in [-0.1, -0.05) is 63.2 Å². The van der Waals surface area contributed by atoms with Crippen molar-refractivity contribution in [2.75, 3.05) is 0 Å². The van der Waals surface area contributed by atoms with E-state index < -0.39 is 0 Å². The maximum absolute atomic E-state index is 13.1. The molecular formula is C19H19F. The summed E-state index contributed by atoms with van der Waals surface area (Å²) in [6.07, 6.45) is 2.05. The lowest BCUT2D eigenvalue weighted by Crippen LogP contribution is -1.97. The third-order valence-electron chi connectivity index (χ3n) is 2.84. The molecule has 0 spiro atoms. The second kappa shape index (κ2) is 5.90. The van der Waals surface area contributed by atoms with Crippen LogP contribution in [0.2, 0.25) is 0 Å². The molecule has 0 aliphatic carbocycles. The van der Waals surface area contributed by atoms with Gasteiger partial charge < -0.3 is 0 Å². The Morgan fingerprint density at radius 3 is 2.00 bits per heavy atom. The molecule has 0 heterocycles. The predicted molar refractivity (Wildman–Crippen MR) is 82.9 cm³/mol. The lowest BCUT2D eigenvalue weighted by atomic mass is 9.94. The number of hydrogen-bond acceptors (Lipinski definition) is 0. The van der Waals surface area contributed by atoms with Gasteiger partial charge in [-0.05, 0) is 34.8 Å². The van der Waals surface area contributed by atoms with Crippen LogP contribution in [-0.2, 0) is 0 Å². The van der Waals surface area contributed by atoms with Gasteiger partial charge >= 0.3 is 0 Å². The molecule has 0 saturated carbocycles. The Morgan fingerprint density at radius 1 is 0.900 bits per heavy atom. The van der Waals surface area contributed by atoms with Gasteiger partial charge in [-0.2, -0.15) is 0 Å². The van der Waals surface area contributed by atoms with Gasteiger partial charge in [0, 0.05) is 5.57 Å². The summed E-state index contributed by atoms with van der Waals surface area (Å²) < 4.78 is 13.1. The zero-order chi connectivity index (χ0) is 14.6. The molecule has 20 heavy (non-hydrogen) atoms. The molecule has 0 aliphatic heterocycles. The Kier molecular flexibility index (Phi) is 4.22. The van der Waals surface area contributed by atoms with E-state index in [0.29, 0.717) is 0 Å². The van der Waals surface area contributed by atoms with E-state index in [4.69, 9.17) is 0 Å². The lowest BCUT2D eigenvalue weighted by Gasteiger charge is -2.10. The van der Waals surface area contributed by atoms with Crippen molar-refractivity contribution in [1.82, 2.24) is 0 Å². The minimum atomic E-state index is -0.221.